The van der Waals surface area contributed by atoms with Gasteiger partial charge in [0.2, 0.25) is 0 Å². The number of aromatic nitrogens is 1. The van der Waals surface area contributed by atoms with Crippen molar-refractivity contribution in [3.63, 3.8) is 0 Å². The smallest absolute Gasteiger partial charge is 0.303 e. The molecule has 2 aliphatic rings. The lowest BCUT2D eigenvalue weighted by molar-refractivity contribution is -0.138. The molecule has 1 aromatic heterocycles. The third kappa shape index (κ3) is 6.50. The van der Waals surface area contributed by atoms with Gasteiger partial charge in [-0.15, -0.1) is 11.8 Å². The topological polar surface area (TPSA) is 82.5 Å². The van der Waals surface area contributed by atoms with Crippen molar-refractivity contribution in [1.29, 1.82) is 0 Å². The number of thioether (sulfide) groups is 1. The molecule has 1 amide bonds. The van der Waals surface area contributed by atoms with Crippen LogP contribution in [0.1, 0.15) is 67.3 Å². The summed E-state index contributed by atoms with van der Waals surface area (Å²) in [6, 6.07) is 10.5. The van der Waals surface area contributed by atoms with Crippen molar-refractivity contribution in [3.8, 4) is 0 Å². The summed E-state index contributed by atoms with van der Waals surface area (Å²) in [4.78, 5) is 31.3. The average molecular weight is 486 g/mol. The van der Waals surface area contributed by atoms with Gasteiger partial charge in [0.05, 0.1) is 5.56 Å². The zero-order chi connectivity index (χ0) is 23.9. The third-order valence-electron chi connectivity index (χ3n) is 6.66. The molecular weight excluding hydrogens is 453 g/mol. The fourth-order valence-corrected chi connectivity index (χ4v) is 5.85. The number of nitrogens with one attached hydrogen (secondary N) is 1. The molecule has 2 N–H and O–H groups in total. The fraction of sp³-hybridized carbons (Fsp3) is 0.500. The van der Waals surface area contributed by atoms with Crippen molar-refractivity contribution in [3.05, 3.63) is 53.3 Å². The SMILES string of the molecule is O=C(O)C[C@@H]1CCCN(c2ccc(C(=O)NC3CCCCC3)c(SCc3ccccc3F)n2)C1. The number of halogens is 1. The minimum atomic E-state index is -0.782. The number of anilines is 1. The highest BCUT2D eigenvalue weighted by Gasteiger charge is 2.25. The summed E-state index contributed by atoms with van der Waals surface area (Å²) in [6.07, 6.45) is 7.40. The van der Waals surface area contributed by atoms with E-state index in [0.29, 0.717) is 28.5 Å². The second-order valence-corrected chi connectivity index (χ2v) is 10.2. The molecule has 34 heavy (non-hydrogen) atoms. The Balaban J connectivity index is 1.55. The number of amides is 1. The quantitative estimate of drug-likeness (QED) is 0.496. The largest absolute Gasteiger partial charge is 0.481 e. The van der Waals surface area contributed by atoms with Crippen molar-refractivity contribution in [2.45, 2.75) is 68.2 Å². The maximum Gasteiger partial charge on any atom is 0.303 e. The van der Waals surface area contributed by atoms with Crippen LogP contribution in [0.5, 0.6) is 0 Å². The first-order valence-electron chi connectivity index (χ1n) is 12.1. The molecule has 0 unspecified atom stereocenters. The summed E-state index contributed by atoms with van der Waals surface area (Å²) >= 11 is 1.36. The first-order valence-corrected chi connectivity index (χ1v) is 13.1. The van der Waals surface area contributed by atoms with Gasteiger partial charge in [-0.05, 0) is 55.4 Å². The molecular formula is C26H32FN3O3S. The Kier molecular flexibility index (Phi) is 8.43. The van der Waals surface area contributed by atoms with Crippen molar-refractivity contribution >= 4 is 29.5 Å². The maximum atomic E-state index is 14.2. The monoisotopic (exact) mass is 485 g/mol. The van der Waals surface area contributed by atoms with Gasteiger partial charge in [0.1, 0.15) is 16.7 Å². The molecule has 0 bridgehead atoms. The minimum Gasteiger partial charge on any atom is -0.481 e. The van der Waals surface area contributed by atoms with E-state index in [1.165, 1.54) is 24.2 Å². The number of carboxylic acids is 1. The van der Waals surface area contributed by atoms with Gasteiger partial charge in [-0.3, -0.25) is 9.59 Å². The summed E-state index contributed by atoms with van der Waals surface area (Å²) in [6.45, 7) is 1.43. The Labute approximate surface area is 204 Å². The molecule has 1 aliphatic heterocycles. The summed E-state index contributed by atoms with van der Waals surface area (Å²) in [5.74, 6) is -0.00165. The van der Waals surface area contributed by atoms with Gasteiger partial charge in [0.25, 0.3) is 5.91 Å². The first kappa shape index (κ1) is 24.5. The molecule has 1 aliphatic carbocycles. The number of pyridine rings is 1. The van der Waals surface area contributed by atoms with Crippen LogP contribution in [0.2, 0.25) is 0 Å². The van der Waals surface area contributed by atoms with Crippen molar-refractivity contribution < 1.29 is 19.1 Å². The predicted octanol–water partition coefficient (Wildman–Crippen LogP) is 5.27. The summed E-state index contributed by atoms with van der Waals surface area (Å²) in [5.41, 5.74) is 1.08. The third-order valence-corrected chi connectivity index (χ3v) is 7.70. The molecule has 2 fully saturated rings. The van der Waals surface area contributed by atoms with E-state index in [-0.39, 0.29) is 30.1 Å². The van der Waals surface area contributed by atoms with E-state index in [2.05, 4.69) is 10.2 Å². The van der Waals surface area contributed by atoms with Crippen LogP contribution in [0.4, 0.5) is 10.2 Å². The number of carbonyl (C=O) groups excluding carboxylic acids is 1. The number of rotatable bonds is 8. The van der Waals surface area contributed by atoms with Crippen molar-refractivity contribution in [2.75, 3.05) is 18.0 Å². The van der Waals surface area contributed by atoms with E-state index in [9.17, 15) is 19.1 Å². The Hall–Kier alpha value is -2.61. The van der Waals surface area contributed by atoms with Crippen molar-refractivity contribution in [2.24, 2.45) is 5.92 Å². The number of aliphatic carboxylic acids is 1. The number of piperidine rings is 1. The van der Waals surface area contributed by atoms with Crippen LogP contribution in [0, 0.1) is 11.7 Å². The summed E-state index contributed by atoms with van der Waals surface area (Å²) in [7, 11) is 0. The number of benzene rings is 1. The normalized spacial score (nSPS) is 19.1. The van der Waals surface area contributed by atoms with E-state index < -0.39 is 5.97 Å². The molecule has 0 spiro atoms. The highest BCUT2D eigenvalue weighted by Crippen LogP contribution is 2.31. The molecule has 6 nitrogen and oxygen atoms in total. The lowest BCUT2D eigenvalue weighted by Crippen LogP contribution is -2.38. The second-order valence-electron chi connectivity index (χ2n) is 9.26. The van der Waals surface area contributed by atoms with E-state index in [1.54, 1.807) is 18.2 Å². The number of carboxylic acid groups (broad SMARTS) is 1. The van der Waals surface area contributed by atoms with Crippen LogP contribution in [-0.2, 0) is 10.5 Å². The van der Waals surface area contributed by atoms with Crippen LogP contribution in [0.25, 0.3) is 0 Å². The van der Waals surface area contributed by atoms with Crippen LogP contribution in [-0.4, -0.2) is 41.1 Å². The van der Waals surface area contributed by atoms with E-state index >= 15 is 0 Å². The lowest BCUT2D eigenvalue weighted by Gasteiger charge is -2.33. The van der Waals surface area contributed by atoms with Gasteiger partial charge in [-0.2, -0.15) is 0 Å². The molecule has 8 heteroatoms. The molecule has 4 rings (SSSR count). The van der Waals surface area contributed by atoms with Crippen LogP contribution < -0.4 is 10.2 Å². The van der Waals surface area contributed by atoms with Crippen LogP contribution in [0.15, 0.2) is 41.4 Å². The number of carbonyl (C=O) groups is 2. The number of hydrogen-bond donors (Lipinski definition) is 2. The van der Waals surface area contributed by atoms with Gasteiger partial charge >= 0.3 is 5.97 Å². The Morgan fingerprint density at radius 3 is 2.65 bits per heavy atom. The highest BCUT2D eigenvalue weighted by molar-refractivity contribution is 7.98. The molecule has 182 valence electrons. The fourth-order valence-electron chi connectivity index (χ4n) is 4.85. The van der Waals surface area contributed by atoms with Gasteiger partial charge in [0, 0.05) is 31.3 Å². The zero-order valence-corrected chi connectivity index (χ0v) is 20.2. The highest BCUT2D eigenvalue weighted by atomic mass is 32.2. The number of hydrogen-bond acceptors (Lipinski definition) is 5. The van der Waals surface area contributed by atoms with Gasteiger partial charge in [-0.25, -0.2) is 9.37 Å². The molecule has 0 radical (unpaired) electrons. The molecule has 2 aromatic rings. The van der Waals surface area contributed by atoms with E-state index in [0.717, 1.165) is 50.9 Å². The average Bonchev–Trinajstić information content (AvgIpc) is 2.84. The lowest BCUT2D eigenvalue weighted by atomic mass is 9.95. The Bertz CT molecular complexity index is 1010. The van der Waals surface area contributed by atoms with E-state index in [4.69, 9.17) is 4.98 Å². The maximum absolute atomic E-state index is 14.2. The predicted molar refractivity (Wildman–Crippen MR) is 132 cm³/mol. The second kappa shape index (κ2) is 11.7. The van der Waals surface area contributed by atoms with Crippen LogP contribution >= 0.6 is 11.8 Å². The Morgan fingerprint density at radius 1 is 1.09 bits per heavy atom. The molecule has 1 saturated carbocycles. The minimum absolute atomic E-state index is 0.0804. The van der Waals surface area contributed by atoms with Gasteiger partial charge in [-0.1, -0.05) is 37.5 Å². The van der Waals surface area contributed by atoms with E-state index in [1.807, 2.05) is 12.1 Å². The zero-order valence-electron chi connectivity index (χ0n) is 19.3. The Morgan fingerprint density at radius 2 is 1.88 bits per heavy atom. The van der Waals surface area contributed by atoms with Gasteiger partial charge in [0.15, 0.2) is 0 Å². The summed E-state index contributed by atoms with van der Waals surface area (Å²) < 4.78 is 14.2. The molecule has 1 atom stereocenters. The first-order chi connectivity index (χ1) is 16.5. The molecule has 2 heterocycles. The summed E-state index contributed by atoms with van der Waals surface area (Å²) in [5, 5.41) is 12.9. The van der Waals surface area contributed by atoms with Crippen molar-refractivity contribution in [1.82, 2.24) is 10.3 Å². The number of nitrogens with zero attached hydrogens (tertiary/aromatic N) is 2. The van der Waals surface area contributed by atoms with Crippen LogP contribution in [0.3, 0.4) is 0 Å². The molecule has 1 saturated heterocycles. The standard InChI is InChI=1S/C26H32FN3O3S/c27-22-11-5-4-8-19(22)17-34-26-21(25(33)28-20-9-2-1-3-10-20)12-13-23(29-26)30-14-6-7-18(16-30)15-24(31)32/h4-5,8,11-13,18,20H,1-3,6-7,9-10,14-17H2,(H,28,33)(H,31,32)/t18-/m0/s1. The van der Waals surface area contributed by atoms with Gasteiger partial charge < -0.3 is 15.3 Å². The molecule has 1 aromatic carbocycles.